The van der Waals surface area contributed by atoms with Gasteiger partial charge in [-0.2, -0.15) is 21.6 Å². The van der Waals surface area contributed by atoms with Gasteiger partial charge in [0, 0.05) is 124 Å². The molecule has 12 nitrogen and oxygen atoms in total. The smallest absolute Gasteiger partial charge is 0.501 e. The predicted octanol–water partition coefficient (Wildman–Crippen LogP) is 21.1. The molecule has 16 rings (SSSR count). The van der Waals surface area contributed by atoms with Crippen molar-refractivity contribution in [1.82, 2.24) is 24.9 Å². The molecule has 3 N–H and O–H groups in total. The number of furan rings is 2. The summed E-state index contributed by atoms with van der Waals surface area (Å²) >= 11 is 0. The Morgan fingerprint density at radius 2 is 0.796 bits per heavy atom. The van der Waals surface area contributed by atoms with Crippen molar-refractivity contribution >= 4 is 75.5 Å². The maximum absolute atomic E-state index is 10.7. The number of alkyl halides is 3. The van der Waals surface area contributed by atoms with Crippen LogP contribution in [0.3, 0.4) is 0 Å². The fourth-order valence-electron chi connectivity index (χ4n) is 9.90. The number of halogens is 3. The summed E-state index contributed by atoms with van der Waals surface area (Å²) in [6, 6.07) is 84.9. The molecular weight excluding hydrogens is 1680 g/mol. The van der Waals surface area contributed by atoms with Gasteiger partial charge in [-0.1, -0.05) is 154 Å². The third kappa shape index (κ3) is 21.7. The average molecular weight is 1760 g/mol. The Kier molecular flexibility index (Phi) is 24.4. The van der Waals surface area contributed by atoms with Gasteiger partial charge in [-0.05, 0) is 130 Å². The van der Waals surface area contributed by atoms with Crippen molar-refractivity contribution in [3.05, 3.63) is 319 Å². The molecule has 2 radical (unpaired) electrons. The minimum Gasteiger partial charge on any atom is -0.501 e. The predicted molar refractivity (Wildman–Crippen MR) is 402 cm³/mol. The second kappa shape index (κ2) is 38.7. The number of aryl methyl sites for hydroxylation is 6. The summed E-state index contributed by atoms with van der Waals surface area (Å²) in [6.45, 7) is -4.55. The zero-order valence-corrected chi connectivity index (χ0v) is 60.4. The Morgan fingerprint density at radius 3 is 1.18 bits per heavy atom. The Bertz CT molecular complexity index is 5560. The summed E-state index contributed by atoms with van der Waals surface area (Å²) < 4.78 is 157. The van der Waals surface area contributed by atoms with Crippen LogP contribution in [0.2, 0.25) is 0 Å². The number of para-hydroxylation sites is 1. The normalized spacial score (nSPS) is 12.7. The topological polar surface area (TPSA) is 186 Å². The molecule has 0 amide bonds. The van der Waals surface area contributed by atoms with E-state index < -0.39 is 43.0 Å². The first-order valence-corrected chi connectivity index (χ1v) is 31.9. The molecular formula is C85H74F3Ir2N5O7S-4. The summed E-state index contributed by atoms with van der Waals surface area (Å²) in [6.07, 6.45) is 8.08. The van der Waals surface area contributed by atoms with E-state index >= 15 is 0 Å². The molecule has 0 aliphatic carbocycles. The number of pyridine rings is 5. The molecule has 0 aliphatic heterocycles. The quantitative estimate of drug-likeness (QED) is 0.0843. The second-order valence-electron chi connectivity index (χ2n) is 21.6. The van der Waals surface area contributed by atoms with Gasteiger partial charge in [-0.15, -0.1) is 124 Å². The largest absolute Gasteiger partial charge is 0.522 e. The molecule has 0 spiro atoms. The van der Waals surface area contributed by atoms with E-state index in [4.69, 9.17) is 48.5 Å². The van der Waals surface area contributed by atoms with E-state index in [9.17, 15) is 13.2 Å². The molecule has 7 aromatic heterocycles. The summed E-state index contributed by atoms with van der Waals surface area (Å²) in [5.74, 6) is 0. The number of rotatable bonds is 5. The molecule has 0 fully saturated rings. The van der Waals surface area contributed by atoms with E-state index in [2.05, 4.69) is 140 Å². The van der Waals surface area contributed by atoms with Crippen LogP contribution in [0.15, 0.2) is 270 Å². The average Bonchev–Trinajstić information content (AvgIpc) is 1.61. The Hall–Kier alpha value is -10.2. The first kappa shape index (κ1) is 64.8. The SMILES string of the molecule is C.CO.CO.O=S(=O)(O)C(F)(F)F.[2H]C([2H])([2H])c1c[c-]c(-c2ccc(C([2H])([2H])[2H])cn2)cc1.[2H]C([2H])([2H])c1c[c-]c(-c2ccc(C)cn2)cc1.[2H]C([2H])([2H])c1ccc(-c2[c-]cc(C)cc2)nc1.[Ir].[Ir].[c-]1ccc2c(oc3cc4ccccc4cc32)c1-c1ccccn1.c1ccc(-c2cccc3c2oc2cc4ccccc4cc23)nc1. The number of aliphatic hydroxyl groups excluding tert-OH is 2. The van der Waals surface area contributed by atoms with Crippen LogP contribution in [-0.2, 0) is 50.3 Å². The number of nitrogens with zero attached hydrogens (tertiary/aromatic N) is 5. The van der Waals surface area contributed by atoms with Gasteiger partial charge in [0.1, 0.15) is 16.7 Å². The minimum absolute atomic E-state index is 0. The number of aliphatic hydroxyl groups is 2. The summed E-state index contributed by atoms with van der Waals surface area (Å²) in [4.78, 5) is 21.4. The minimum atomic E-state index is -5.84. The van der Waals surface area contributed by atoms with Crippen LogP contribution in [0.25, 0.3) is 122 Å². The van der Waals surface area contributed by atoms with Gasteiger partial charge in [0.25, 0.3) is 0 Å². The van der Waals surface area contributed by atoms with E-state index in [0.717, 1.165) is 114 Å². The summed E-state index contributed by atoms with van der Waals surface area (Å²) in [7, 11) is -3.84. The van der Waals surface area contributed by atoms with Crippen LogP contribution < -0.4 is 0 Å². The molecule has 0 saturated carbocycles. The molecule has 103 heavy (non-hydrogen) atoms. The van der Waals surface area contributed by atoms with E-state index in [1.807, 2.05) is 98.9 Å². The molecule has 0 atom stereocenters. The molecule has 18 heteroatoms. The Balaban J connectivity index is 0.000000216. The monoisotopic (exact) mass is 1760 g/mol. The van der Waals surface area contributed by atoms with Gasteiger partial charge in [0.05, 0.1) is 11.3 Å². The van der Waals surface area contributed by atoms with E-state index in [1.165, 1.54) is 58.2 Å². The number of aromatic nitrogens is 5. The third-order valence-electron chi connectivity index (χ3n) is 14.7. The first-order chi connectivity index (χ1) is 53.2. The van der Waals surface area contributed by atoms with Crippen molar-refractivity contribution in [1.29, 1.82) is 0 Å². The van der Waals surface area contributed by atoms with E-state index in [1.54, 1.807) is 48.8 Å². The molecule has 530 valence electrons. The molecule has 0 unspecified atom stereocenters. The summed E-state index contributed by atoms with van der Waals surface area (Å²) in [5.41, 5.74) is 9.30. The van der Waals surface area contributed by atoms with Crippen LogP contribution >= 0.6 is 0 Å². The summed E-state index contributed by atoms with van der Waals surface area (Å²) in [5, 5.41) is 23.3. The van der Waals surface area contributed by atoms with Crippen molar-refractivity contribution in [3.8, 4) is 56.3 Å². The maximum atomic E-state index is 10.7. The van der Waals surface area contributed by atoms with Gasteiger partial charge in [-0.25, -0.2) is 0 Å². The van der Waals surface area contributed by atoms with Crippen molar-refractivity contribution in [2.24, 2.45) is 0 Å². The number of fused-ring (bicyclic) bond motifs is 8. The van der Waals surface area contributed by atoms with Gasteiger partial charge in [0.15, 0.2) is 0 Å². The van der Waals surface area contributed by atoms with Gasteiger partial charge < -0.3 is 39.0 Å². The second-order valence-corrected chi connectivity index (χ2v) is 23.0. The van der Waals surface area contributed by atoms with Crippen LogP contribution in [0, 0.1) is 65.5 Å². The Labute approximate surface area is 642 Å². The Morgan fingerprint density at radius 1 is 0.408 bits per heavy atom. The van der Waals surface area contributed by atoms with Crippen molar-refractivity contribution in [3.63, 3.8) is 0 Å². The molecule has 0 bridgehead atoms. The van der Waals surface area contributed by atoms with Crippen LogP contribution in [0.4, 0.5) is 13.2 Å². The number of hydrogen-bond acceptors (Lipinski definition) is 11. The molecule has 9 aromatic carbocycles. The van der Waals surface area contributed by atoms with Crippen LogP contribution in [-0.4, -0.2) is 67.8 Å². The van der Waals surface area contributed by atoms with Crippen molar-refractivity contribution in [2.45, 2.75) is 54.2 Å². The third-order valence-corrected chi connectivity index (χ3v) is 15.3. The number of benzene rings is 9. The van der Waals surface area contributed by atoms with Gasteiger partial charge in [-0.3, -0.25) is 9.54 Å². The number of hydrogen-bond donors (Lipinski definition) is 3. The van der Waals surface area contributed by atoms with E-state index in [-0.39, 0.29) is 64.3 Å². The van der Waals surface area contributed by atoms with Gasteiger partial charge in [0.2, 0.25) is 0 Å². The zero-order chi connectivity index (χ0) is 81.3. The van der Waals surface area contributed by atoms with Crippen molar-refractivity contribution < 1.29 is 102 Å². The van der Waals surface area contributed by atoms with E-state index in [0.29, 0.717) is 16.8 Å². The molecule has 7 heterocycles. The van der Waals surface area contributed by atoms with Crippen molar-refractivity contribution in [2.75, 3.05) is 14.2 Å². The zero-order valence-electron chi connectivity index (χ0n) is 66.7. The standard InChI is InChI=1S/C21H13NO.C21H12NO.3C13H12N.CHF3O3S.2CH4O.CH4.2Ir/c2*1-2-7-15-13-20-18(12-14(15)6-1)16-8-5-9-17(21(16)23-20)19-10-3-4-11-22-19;3*1-10-3-6-12(7-4-10)13-8-5-11(2)9-14-13;2-1(3,4)8(5,6)7;2*1-2;;;/h1-13H;1-8,10-13H;3*3-6,8-9H,1-2H3;(H,5,6,7);2*2H,1H3;1H4;;/q;4*-1;;;;;;/i;;1D3,2D3;2D3;1D3;;;;;;. The van der Waals surface area contributed by atoms with Crippen LogP contribution in [0.1, 0.15) is 57.3 Å². The molecule has 16 aromatic rings. The maximum Gasteiger partial charge on any atom is 0.522 e. The molecule has 0 aliphatic rings. The van der Waals surface area contributed by atoms with Gasteiger partial charge >= 0.3 is 15.6 Å². The fraction of sp³-hybridized carbons (Fsp3) is 0.118. The van der Waals surface area contributed by atoms with Crippen LogP contribution in [0.5, 0.6) is 0 Å². The molecule has 0 saturated heterocycles. The first-order valence-electron chi connectivity index (χ1n) is 36.4. The fourth-order valence-corrected chi connectivity index (χ4v) is 9.90.